The molecule has 10 heteroatoms. The first kappa shape index (κ1) is 24.0. The summed E-state index contributed by atoms with van der Waals surface area (Å²) in [5.41, 5.74) is 7.36. The van der Waals surface area contributed by atoms with Crippen LogP contribution in [-0.2, 0) is 11.3 Å². The molecule has 170 valence electrons. The van der Waals surface area contributed by atoms with Crippen molar-refractivity contribution < 1.29 is 9.47 Å². The third-order valence-electron chi connectivity index (χ3n) is 5.40. The maximum Gasteiger partial charge on any atom is 0.191 e. The second-order valence-electron chi connectivity index (χ2n) is 7.41. The maximum absolute atomic E-state index is 6.26. The number of nitrogens with zero attached hydrogens (tertiary/aromatic N) is 5. The van der Waals surface area contributed by atoms with Crippen LogP contribution < -0.4 is 15.4 Å². The lowest BCUT2D eigenvalue weighted by Crippen LogP contribution is -2.51. The Labute approximate surface area is 205 Å². The lowest BCUT2D eigenvalue weighted by Gasteiger charge is -2.35. The fraction of sp³-hybridized carbons (Fsp3) is 0.524. The number of morpholine rings is 1. The van der Waals surface area contributed by atoms with E-state index >= 15 is 0 Å². The van der Waals surface area contributed by atoms with Gasteiger partial charge in [0.1, 0.15) is 12.4 Å². The molecule has 0 radical (unpaired) electrons. The first-order chi connectivity index (χ1) is 14.8. The number of anilines is 1. The molecule has 2 aliphatic rings. The molecule has 0 unspecified atom stereocenters. The molecule has 4 rings (SSSR count). The van der Waals surface area contributed by atoms with E-state index in [9.17, 15) is 0 Å². The van der Waals surface area contributed by atoms with E-state index in [0.29, 0.717) is 19.1 Å². The normalized spacial score (nSPS) is 18.0. The van der Waals surface area contributed by atoms with Crippen LogP contribution in [0.15, 0.2) is 40.8 Å². The summed E-state index contributed by atoms with van der Waals surface area (Å²) in [6, 6.07) is 8.12. The summed E-state index contributed by atoms with van der Waals surface area (Å²) in [5, 5.41) is 3.09. The number of ether oxygens (including phenoxy) is 2. The predicted molar refractivity (Wildman–Crippen MR) is 136 cm³/mol. The van der Waals surface area contributed by atoms with Crippen molar-refractivity contribution in [2.75, 3.05) is 70.5 Å². The molecular formula is C21H31IN6O2S. The van der Waals surface area contributed by atoms with Gasteiger partial charge in [-0.2, -0.15) is 0 Å². The van der Waals surface area contributed by atoms with Crippen LogP contribution in [0.25, 0.3) is 0 Å². The number of halogens is 1. The number of piperazine rings is 1. The molecule has 0 spiro atoms. The van der Waals surface area contributed by atoms with Crippen LogP contribution in [-0.4, -0.2) is 86.4 Å². The number of benzene rings is 1. The van der Waals surface area contributed by atoms with Gasteiger partial charge in [-0.1, -0.05) is 12.1 Å². The van der Waals surface area contributed by atoms with Gasteiger partial charge < -0.3 is 25.0 Å². The van der Waals surface area contributed by atoms with Crippen LogP contribution in [0.2, 0.25) is 0 Å². The lowest BCUT2D eigenvalue weighted by molar-refractivity contribution is 0.0322. The van der Waals surface area contributed by atoms with Crippen LogP contribution in [0.3, 0.4) is 0 Å². The average Bonchev–Trinajstić information content (AvgIpc) is 3.34. The molecule has 2 saturated heterocycles. The highest BCUT2D eigenvalue weighted by atomic mass is 127. The summed E-state index contributed by atoms with van der Waals surface area (Å²) < 4.78 is 11.3. The largest absolute Gasteiger partial charge is 0.492 e. The summed E-state index contributed by atoms with van der Waals surface area (Å²) in [6.45, 7) is 9.30. The quantitative estimate of drug-likeness (QED) is 0.317. The number of aromatic nitrogens is 1. The smallest absolute Gasteiger partial charge is 0.191 e. The van der Waals surface area contributed by atoms with E-state index in [1.54, 1.807) is 11.3 Å². The summed E-state index contributed by atoms with van der Waals surface area (Å²) in [4.78, 5) is 15.8. The van der Waals surface area contributed by atoms with Gasteiger partial charge in [-0.15, -0.1) is 35.3 Å². The molecule has 2 fully saturated rings. The summed E-state index contributed by atoms with van der Waals surface area (Å²) in [5.74, 6) is 1.49. The first-order valence-corrected chi connectivity index (χ1v) is 11.4. The first-order valence-electron chi connectivity index (χ1n) is 10.5. The summed E-state index contributed by atoms with van der Waals surface area (Å²) in [6.07, 6.45) is 1.85. The van der Waals surface area contributed by atoms with Gasteiger partial charge >= 0.3 is 0 Å². The fourth-order valence-corrected chi connectivity index (χ4v) is 4.32. The second kappa shape index (κ2) is 12.4. The van der Waals surface area contributed by atoms with Crippen molar-refractivity contribution in [1.29, 1.82) is 0 Å². The molecule has 0 bridgehead atoms. The van der Waals surface area contributed by atoms with E-state index in [4.69, 9.17) is 15.2 Å². The number of thiazole rings is 1. The van der Waals surface area contributed by atoms with Gasteiger partial charge in [0, 0.05) is 57.4 Å². The molecule has 1 aromatic carbocycles. The fourth-order valence-electron chi connectivity index (χ4n) is 3.62. The number of rotatable bonds is 7. The van der Waals surface area contributed by atoms with Gasteiger partial charge in [0.05, 0.1) is 19.8 Å². The van der Waals surface area contributed by atoms with Gasteiger partial charge in [0.15, 0.2) is 11.1 Å². The number of nitrogens with two attached hydrogens (primary N) is 1. The Morgan fingerprint density at radius 1 is 1.16 bits per heavy atom. The molecule has 31 heavy (non-hydrogen) atoms. The zero-order valence-corrected chi connectivity index (χ0v) is 20.8. The Hall–Kier alpha value is -1.63. The van der Waals surface area contributed by atoms with Crippen molar-refractivity contribution in [2.45, 2.75) is 6.54 Å². The minimum absolute atomic E-state index is 0. The molecule has 0 atom stereocenters. The summed E-state index contributed by atoms with van der Waals surface area (Å²) >= 11 is 1.68. The summed E-state index contributed by atoms with van der Waals surface area (Å²) in [7, 11) is 0. The van der Waals surface area contributed by atoms with E-state index in [1.807, 2.05) is 23.7 Å². The highest BCUT2D eigenvalue weighted by Gasteiger charge is 2.19. The molecule has 2 aromatic rings. The monoisotopic (exact) mass is 558 g/mol. The molecule has 2 aliphatic heterocycles. The van der Waals surface area contributed by atoms with E-state index < -0.39 is 0 Å². The average molecular weight is 558 g/mol. The second-order valence-corrected chi connectivity index (χ2v) is 8.29. The molecule has 1 aromatic heterocycles. The highest BCUT2D eigenvalue weighted by Crippen LogP contribution is 2.19. The number of guanidine groups is 1. The Kier molecular flexibility index (Phi) is 9.62. The number of hydrogen-bond donors (Lipinski definition) is 1. The molecule has 0 saturated carbocycles. The number of aliphatic imine (C=N–C) groups is 1. The van der Waals surface area contributed by atoms with Gasteiger partial charge in [-0.05, 0) is 17.7 Å². The van der Waals surface area contributed by atoms with Crippen molar-refractivity contribution in [3.05, 3.63) is 41.4 Å². The molecule has 0 amide bonds. The topological polar surface area (TPSA) is 79.5 Å². The van der Waals surface area contributed by atoms with Crippen molar-refractivity contribution in [1.82, 2.24) is 14.8 Å². The van der Waals surface area contributed by atoms with E-state index in [2.05, 4.69) is 36.8 Å². The Morgan fingerprint density at radius 3 is 2.71 bits per heavy atom. The Balaban J connectivity index is 0.00000272. The minimum Gasteiger partial charge on any atom is -0.492 e. The third kappa shape index (κ3) is 7.19. The van der Waals surface area contributed by atoms with E-state index in [-0.39, 0.29) is 24.0 Å². The number of hydrogen-bond acceptors (Lipinski definition) is 7. The van der Waals surface area contributed by atoms with Crippen LogP contribution in [0, 0.1) is 0 Å². The van der Waals surface area contributed by atoms with Crippen molar-refractivity contribution in [3.63, 3.8) is 0 Å². The van der Waals surface area contributed by atoms with Crippen LogP contribution >= 0.6 is 35.3 Å². The molecule has 2 N–H and O–H groups in total. The molecular weight excluding hydrogens is 527 g/mol. The Morgan fingerprint density at radius 2 is 1.97 bits per heavy atom. The SMILES string of the molecule is I.NC(=NCc1cccc(OCCN2CCOCC2)c1)N1CCN(c2nccs2)CC1. The standard InChI is InChI=1S/C21H30N6O2S.HI/c22-20(26-5-7-27(8-6-26)21-23-4-15-30-21)24-17-18-2-1-3-19(16-18)29-14-11-25-9-12-28-13-10-25;/h1-4,15-16H,5-14,17H2,(H2,22,24);1H. The highest BCUT2D eigenvalue weighted by molar-refractivity contribution is 14.0. The van der Waals surface area contributed by atoms with Gasteiger partial charge in [0.2, 0.25) is 0 Å². The van der Waals surface area contributed by atoms with Crippen molar-refractivity contribution in [3.8, 4) is 5.75 Å². The van der Waals surface area contributed by atoms with Crippen molar-refractivity contribution >= 4 is 46.4 Å². The molecule has 3 heterocycles. The van der Waals surface area contributed by atoms with Crippen LogP contribution in [0.1, 0.15) is 5.56 Å². The van der Waals surface area contributed by atoms with E-state index in [1.165, 1.54) is 0 Å². The van der Waals surface area contributed by atoms with Gasteiger partial charge in [-0.25, -0.2) is 9.98 Å². The zero-order valence-electron chi connectivity index (χ0n) is 17.7. The van der Waals surface area contributed by atoms with Crippen LogP contribution in [0.4, 0.5) is 5.13 Å². The third-order valence-corrected chi connectivity index (χ3v) is 6.23. The maximum atomic E-state index is 6.26. The van der Waals surface area contributed by atoms with Gasteiger partial charge in [-0.3, -0.25) is 4.90 Å². The molecule has 0 aliphatic carbocycles. The minimum atomic E-state index is 0. The van der Waals surface area contributed by atoms with Crippen molar-refractivity contribution in [2.24, 2.45) is 10.7 Å². The van der Waals surface area contributed by atoms with E-state index in [0.717, 1.165) is 75.5 Å². The Bertz CT molecular complexity index is 808. The zero-order chi connectivity index (χ0) is 20.6. The van der Waals surface area contributed by atoms with Gasteiger partial charge in [0.25, 0.3) is 0 Å². The van der Waals surface area contributed by atoms with Crippen LogP contribution in [0.5, 0.6) is 5.75 Å². The predicted octanol–water partition coefficient (Wildman–Crippen LogP) is 2.11. The lowest BCUT2D eigenvalue weighted by atomic mass is 10.2. The molecule has 8 nitrogen and oxygen atoms in total.